The number of carbonyl (C=O) groups is 2. The highest BCUT2D eigenvalue weighted by molar-refractivity contribution is 5.99. The zero-order valence-electron chi connectivity index (χ0n) is 14.3. The summed E-state index contributed by atoms with van der Waals surface area (Å²) < 4.78 is 5.53. The molecule has 0 fully saturated rings. The third kappa shape index (κ3) is 7.10. The second-order valence-corrected chi connectivity index (χ2v) is 5.62. The van der Waals surface area contributed by atoms with Gasteiger partial charge in [-0.3, -0.25) is 9.59 Å². The molecule has 0 aliphatic heterocycles. The fraction of sp³-hybridized carbons (Fsp3) is 0.444. The lowest BCUT2D eigenvalue weighted by Crippen LogP contribution is -2.22. The first-order chi connectivity index (χ1) is 10.9. The Kier molecular flexibility index (Phi) is 8.05. The number of anilines is 1. The van der Waals surface area contributed by atoms with Gasteiger partial charge in [0.25, 0.3) is 0 Å². The molecule has 1 rings (SSSR count). The number of Topliss-reactive ketones (excluding diaryl/α,β-unsaturated/α-hetero) is 1. The van der Waals surface area contributed by atoms with Crippen molar-refractivity contribution in [3.63, 3.8) is 0 Å². The zero-order chi connectivity index (χ0) is 17.2. The number of hydrogen-bond donors (Lipinski definition) is 2. The maximum Gasteiger partial charge on any atom is 0.224 e. The van der Waals surface area contributed by atoms with Gasteiger partial charge < -0.3 is 15.4 Å². The van der Waals surface area contributed by atoms with Crippen molar-refractivity contribution < 1.29 is 14.3 Å². The molecule has 2 N–H and O–H groups in total. The predicted molar refractivity (Wildman–Crippen MR) is 92.9 cm³/mol. The third-order valence-corrected chi connectivity index (χ3v) is 3.05. The summed E-state index contributed by atoms with van der Waals surface area (Å²) in [7, 11) is 0. The summed E-state index contributed by atoms with van der Waals surface area (Å²) in [5, 5.41) is 6.01. The molecule has 1 aromatic rings. The molecule has 1 aromatic carbocycles. The van der Waals surface area contributed by atoms with E-state index in [1.807, 2.05) is 13.0 Å². The van der Waals surface area contributed by atoms with E-state index in [1.54, 1.807) is 24.5 Å². The number of hydrogen-bond acceptors (Lipinski definition) is 4. The van der Waals surface area contributed by atoms with Crippen LogP contribution in [-0.2, 0) is 4.79 Å². The van der Waals surface area contributed by atoms with Crippen LogP contribution < -0.4 is 15.4 Å². The van der Waals surface area contributed by atoms with Crippen LogP contribution in [0.2, 0.25) is 0 Å². The highest BCUT2D eigenvalue weighted by Crippen LogP contribution is 2.24. The Morgan fingerprint density at radius 2 is 2.04 bits per heavy atom. The summed E-state index contributed by atoms with van der Waals surface area (Å²) in [6.07, 6.45) is 4.65. The molecular weight excluding hydrogens is 292 g/mol. The molecule has 0 saturated carbocycles. The first-order valence-electron chi connectivity index (χ1n) is 7.94. The molecule has 0 aromatic heterocycles. The summed E-state index contributed by atoms with van der Waals surface area (Å²) >= 11 is 0. The minimum absolute atomic E-state index is 0.0599. The maximum absolute atomic E-state index is 11.8. The fourth-order valence-electron chi connectivity index (χ4n) is 1.91. The lowest BCUT2D eigenvalue weighted by atomic mass is 10.1. The Labute approximate surface area is 138 Å². The van der Waals surface area contributed by atoms with Crippen molar-refractivity contribution in [1.29, 1.82) is 0 Å². The quantitative estimate of drug-likeness (QED) is 0.540. The predicted octanol–water partition coefficient (Wildman–Crippen LogP) is 3.52. The van der Waals surface area contributed by atoms with Gasteiger partial charge in [0.1, 0.15) is 5.75 Å². The smallest absolute Gasteiger partial charge is 0.224 e. The molecule has 1 amide bonds. The van der Waals surface area contributed by atoms with Crippen molar-refractivity contribution in [1.82, 2.24) is 5.32 Å². The highest BCUT2D eigenvalue weighted by atomic mass is 16.5. The molecule has 5 nitrogen and oxygen atoms in total. The van der Waals surface area contributed by atoms with Gasteiger partial charge in [-0.15, -0.1) is 0 Å². The Morgan fingerprint density at radius 1 is 1.30 bits per heavy atom. The standard InChI is InChI=1S/C18H26N2O3/c1-5-7-18(22)20-15-8-9-17(16(12-15)14(4)21)23-11-6-10-19-13(2)3/h6,8-9,11-13,19H,5,7,10H2,1-4H3,(H,20,22)/b11-6+. The van der Waals surface area contributed by atoms with Gasteiger partial charge in [0.2, 0.25) is 5.91 Å². The lowest BCUT2D eigenvalue weighted by molar-refractivity contribution is -0.116. The highest BCUT2D eigenvalue weighted by Gasteiger charge is 2.10. The van der Waals surface area contributed by atoms with Crippen molar-refractivity contribution in [3.05, 3.63) is 36.1 Å². The molecule has 0 aliphatic carbocycles. The number of ketones is 1. The molecule has 0 heterocycles. The number of ether oxygens (including phenoxy) is 1. The molecule has 23 heavy (non-hydrogen) atoms. The van der Waals surface area contributed by atoms with Crippen molar-refractivity contribution in [2.24, 2.45) is 0 Å². The Morgan fingerprint density at radius 3 is 2.65 bits per heavy atom. The third-order valence-electron chi connectivity index (χ3n) is 3.05. The molecule has 0 radical (unpaired) electrons. The Hall–Kier alpha value is -2.14. The van der Waals surface area contributed by atoms with Crippen LogP contribution in [0, 0.1) is 0 Å². The van der Waals surface area contributed by atoms with E-state index < -0.39 is 0 Å². The number of rotatable bonds is 9. The molecule has 0 atom stereocenters. The molecule has 0 unspecified atom stereocenters. The summed E-state index contributed by atoms with van der Waals surface area (Å²) in [5.41, 5.74) is 1.05. The van der Waals surface area contributed by atoms with E-state index in [2.05, 4.69) is 24.5 Å². The van der Waals surface area contributed by atoms with E-state index >= 15 is 0 Å². The van der Waals surface area contributed by atoms with Gasteiger partial charge in [-0.1, -0.05) is 20.8 Å². The van der Waals surface area contributed by atoms with E-state index in [0.29, 0.717) is 36.0 Å². The molecule has 5 heteroatoms. The molecule has 126 valence electrons. The fourth-order valence-corrected chi connectivity index (χ4v) is 1.91. The van der Waals surface area contributed by atoms with Gasteiger partial charge in [0, 0.05) is 24.7 Å². The van der Waals surface area contributed by atoms with Gasteiger partial charge >= 0.3 is 0 Å². The molecule has 0 spiro atoms. The normalized spacial score (nSPS) is 11.0. The van der Waals surface area contributed by atoms with Crippen LogP contribution in [0.1, 0.15) is 50.9 Å². The zero-order valence-corrected chi connectivity index (χ0v) is 14.3. The van der Waals surface area contributed by atoms with Crippen LogP contribution >= 0.6 is 0 Å². The molecule has 0 saturated heterocycles. The van der Waals surface area contributed by atoms with E-state index in [1.165, 1.54) is 6.92 Å². The maximum atomic E-state index is 11.8. The van der Waals surface area contributed by atoms with Gasteiger partial charge in [-0.25, -0.2) is 0 Å². The average Bonchev–Trinajstić information content (AvgIpc) is 2.47. The van der Waals surface area contributed by atoms with E-state index in [0.717, 1.165) is 6.42 Å². The molecule has 0 aliphatic rings. The summed E-state index contributed by atoms with van der Waals surface area (Å²) in [6.45, 7) is 8.24. The van der Waals surface area contributed by atoms with Gasteiger partial charge in [-0.05, 0) is 37.6 Å². The van der Waals surface area contributed by atoms with Crippen molar-refractivity contribution in [2.45, 2.75) is 46.6 Å². The first-order valence-corrected chi connectivity index (χ1v) is 7.94. The van der Waals surface area contributed by atoms with E-state index in [4.69, 9.17) is 4.74 Å². The Bertz CT molecular complexity index is 565. The van der Waals surface area contributed by atoms with Crippen LogP contribution in [0.25, 0.3) is 0 Å². The van der Waals surface area contributed by atoms with Crippen LogP contribution in [-0.4, -0.2) is 24.3 Å². The van der Waals surface area contributed by atoms with Gasteiger partial charge in [0.05, 0.1) is 11.8 Å². The SMILES string of the molecule is CCCC(=O)Nc1ccc(O/C=C/CNC(C)C)c(C(C)=O)c1. The van der Waals surface area contributed by atoms with E-state index in [-0.39, 0.29) is 11.7 Å². The minimum Gasteiger partial charge on any atom is -0.465 e. The summed E-state index contributed by atoms with van der Waals surface area (Å²) in [4.78, 5) is 23.4. The molecular formula is C18H26N2O3. The number of amides is 1. The lowest BCUT2D eigenvalue weighted by Gasteiger charge is -2.10. The summed E-state index contributed by atoms with van der Waals surface area (Å²) in [6, 6.07) is 5.47. The van der Waals surface area contributed by atoms with Crippen LogP contribution in [0.4, 0.5) is 5.69 Å². The second kappa shape index (κ2) is 9.79. The van der Waals surface area contributed by atoms with Gasteiger partial charge in [0.15, 0.2) is 5.78 Å². The van der Waals surface area contributed by atoms with Gasteiger partial charge in [-0.2, -0.15) is 0 Å². The first kappa shape index (κ1) is 18.9. The summed E-state index contributed by atoms with van der Waals surface area (Å²) in [5.74, 6) is 0.308. The molecule has 0 bridgehead atoms. The van der Waals surface area contributed by atoms with Crippen molar-refractivity contribution >= 4 is 17.4 Å². The average molecular weight is 318 g/mol. The number of carbonyl (C=O) groups excluding carboxylic acids is 2. The second-order valence-electron chi connectivity index (χ2n) is 5.62. The Balaban J connectivity index is 2.76. The largest absolute Gasteiger partial charge is 0.465 e. The van der Waals surface area contributed by atoms with Crippen molar-refractivity contribution in [3.8, 4) is 5.75 Å². The van der Waals surface area contributed by atoms with Crippen molar-refractivity contribution in [2.75, 3.05) is 11.9 Å². The monoisotopic (exact) mass is 318 g/mol. The number of nitrogens with one attached hydrogen (secondary N) is 2. The van der Waals surface area contributed by atoms with Crippen LogP contribution in [0.15, 0.2) is 30.5 Å². The van der Waals surface area contributed by atoms with E-state index in [9.17, 15) is 9.59 Å². The van der Waals surface area contributed by atoms with Crippen LogP contribution in [0.5, 0.6) is 5.75 Å². The topological polar surface area (TPSA) is 67.4 Å². The number of benzene rings is 1. The van der Waals surface area contributed by atoms with Crippen LogP contribution in [0.3, 0.4) is 0 Å². The minimum atomic E-state index is -0.111.